The van der Waals surface area contributed by atoms with Crippen LogP contribution in [0.4, 0.5) is 8.78 Å². The molecule has 1 aromatic heterocycles. The van der Waals surface area contributed by atoms with Gasteiger partial charge in [0, 0.05) is 24.0 Å². The zero-order valence-electron chi connectivity index (χ0n) is 20.5. The smallest absolute Gasteiger partial charge is 0.310 e. The molecule has 4 nitrogen and oxygen atoms in total. The fourth-order valence-corrected chi connectivity index (χ4v) is 4.15. The second-order valence-corrected chi connectivity index (χ2v) is 8.85. The third-order valence-electron chi connectivity index (χ3n) is 6.13. The molecule has 0 aliphatic rings. The van der Waals surface area contributed by atoms with Gasteiger partial charge in [-0.3, -0.25) is 4.79 Å². The number of aryl methyl sites for hydroxylation is 2. The summed E-state index contributed by atoms with van der Waals surface area (Å²) < 4.78 is 40.3. The topological polar surface area (TPSA) is 52.3 Å². The molecule has 0 fully saturated rings. The molecular formula is C30H29F2NO3. The first-order valence-electron chi connectivity index (χ1n) is 12.1. The first-order valence-corrected chi connectivity index (χ1v) is 12.1. The zero-order chi connectivity index (χ0) is 25.5. The number of alkyl halides is 2. The van der Waals surface area contributed by atoms with Crippen molar-refractivity contribution in [2.24, 2.45) is 0 Å². The minimum absolute atomic E-state index is 0.233. The minimum Gasteiger partial charge on any atom is -0.466 e. The number of ether oxygens (including phenoxy) is 1. The summed E-state index contributed by atoms with van der Waals surface area (Å²) in [6.07, 6.45) is -0.127. The molecule has 0 amide bonds. The summed E-state index contributed by atoms with van der Waals surface area (Å²) >= 11 is 0. The summed E-state index contributed by atoms with van der Waals surface area (Å²) in [5, 5.41) is 3.98. The summed E-state index contributed by atoms with van der Waals surface area (Å²) in [6.45, 7) is 3.84. The molecule has 0 atom stereocenters. The van der Waals surface area contributed by atoms with Gasteiger partial charge >= 0.3 is 5.97 Å². The van der Waals surface area contributed by atoms with E-state index in [9.17, 15) is 13.6 Å². The van der Waals surface area contributed by atoms with E-state index in [2.05, 4.69) is 5.16 Å². The van der Waals surface area contributed by atoms with Gasteiger partial charge in [0.1, 0.15) is 0 Å². The van der Waals surface area contributed by atoms with Gasteiger partial charge in [0.25, 0.3) is 5.92 Å². The lowest BCUT2D eigenvalue weighted by Crippen LogP contribution is -2.21. The third-order valence-corrected chi connectivity index (χ3v) is 6.13. The first kappa shape index (κ1) is 25.3. The predicted molar refractivity (Wildman–Crippen MR) is 136 cm³/mol. The maximum absolute atomic E-state index is 14.9. The van der Waals surface area contributed by atoms with Gasteiger partial charge < -0.3 is 9.26 Å². The Kier molecular flexibility index (Phi) is 7.93. The van der Waals surface area contributed by atoms with E-state index in [1.54, 1.807) is 13.8 Å². The maximum Gasteiger partial charge on any atom is 0.310 e. The lowest BCUT2D eigenvalue weighted by atomic mass is 9.96. The Balaban J connectivity index is 1.46. The molecule has 36 heavy (non-hydrogen) atoms. The molecule has 0 bridgehead atoms. The molecule has 0 spiro atoms. The van der Waals surface area contributed by atoms with Gasteiger partial charge in [-0.2, -0.15) is 0 Å². The summed E-state index contributed by atoms with van der Waals surface area (Å²) in [5.41, 5.74) is 5.33. The summed E-state index contributed by atoms with van der Waals surface area (Å²) in [6, 6.07) is 24.6. The number of aromatic nitrogens is 1. The van der Waals surface area contributed by atoms with Crippen LogP contribution in [0, 0.1) is 6.92 Å². The van der Waals surface area contributed by atoms with Crippen molar-refractivity contribution in [3.8, 4) is 22.5 Å². The van der Waals surface area contributed by atoms with Crippen molar-refractivity contribution in [1.82, 2.24) is 5.16 Å². The molecule has 4 rings (SSSR count). The molecule has 3 aromatic carbocycles. The molecule has 0 saturated heterocycles. The molecule has 0 aliphatic heterocycles. The van der Waals surface area contributed by atoms with Crippen molar-refractivity contribution in [3.63, 3.8) is 0 Å². The van der Waals surface area contributed by atoms with Gasteiger partial charge in [-0.05, 0) is 42.5 Å². The molecule has 4 aromatic rings. The average molecular weight is 490 g/mol. The van der Waals surface area contributed by atoms with Crippen LogP contribution in [-0.4, -0.2) is 23.7 Å². The van der Waals surface area contributed by atoms with E-state index >= 15 is 0 Å². The number of benzene rings is 3. The Hall–Kier alpha value is -3.80. The summed E-state index contributed by atoms with van der Waals surface area (Å²) in [4.78, 5) is 11.7. The van der Waals surface area contributed by atoms with Crippen molar-refractivity contribution in [1.29, 1.82) is 0 Å². The van der Waals surface area contributed by atoms with E-state index in [0.717, 1.165) is 22.3 Å². The predicted octanol–water partition coefficient (Wildman–Crippen LogP) is 7.23. The Morgan fingerprint density at radius 2 is 1.50 bits per heavy atom. The first-order chi connectivity index (χ1) is 17.3. The van der Waals surface area contributed by atoms with E-state index in [0.29, 0.717) is 35.6 Å². The van der Waals surface area contributed by atoms with Crippen LogP contribution in [-0.2, 0) is 28.8 Å². The maximum atomic E-state index is 14.9. The Morgan fingerprint density at radius 1 is 0.889 bits per heavy atom. The highest BCUT2D eigenvalue weighted by Crippen LogP contribution is 2.34. The molecular weight excluding hydrogens is 460 g/mol. The number of hydrogen-bond donors (Lipinski definition) is 0. The van der Waals surface area contributed by atoms with Crippen LogP contribution in [0.5, 0.6) is 0 Å². The van der Waals surface area contributed by atoms with Crippen LogP contribution in [0.1, 0.15) is 35.7 Å². The van der Waals surface area contributed by atoms with E-state index < -0.39 is 12.3 Å². The van der Waals surface area contributed by atoms with Gasteiger partial charge in [0.15, 0.2) is 5.76 Å². The van der Waals surface area contributed by atoms with Crippen LogP contribution in [0.15, 0.2) is 83.4 Å². The normalized spacial score (nSPS) is 11.4. The van der Waals surface area contributed by atoms with E-state index in [4.69, 9.17) is 9.26 Å². The van der Waals surface area contributed by atoms with Crippen molar-refractivity contribution >= 4 is 5.97 Å². The fraction of sp³-hybridized carbons (Fsp3) is 0.267. The Labute approximate surface area is 209 Å². The van der Waals surface area contributed by atoms with Crippen LogP contribution in [0.3, 0.4) is 0 Å². The van der Waals surface area contributed by atoms with Crippen molar-refractivity contribution < 1.29 is 22.8 Å². The lowest BCUT2D eigenvalue weighted by Gasteiger charge is -2.16. The average Bonchev–Trinajstić information content (AvgIpc) is 3.23. The molecule has 0 aliphatic carbocycles. The van der Waals surface area contributed by atoms with Crippen molar-refractivity contribution in [2.45, 2.75) is 45.5 Å². The molecule has 0 unspecified atom stereocenters. The lowest BCUT2D eigenvalue weighted by molar-refractivity contribution is -0.142. The quantitative estimate of drug-likeness (QED) is 0.221. The highest BCUT2D eigenvalue weighted by Gasteiger charge is 2.32. The van der Waals surface area contributed by atoms with Crippen LogP contribution < -0.4 is 0 Å². The largest absolute Gasteiger partial charge is 0.466 e. The van der Waals surface area contributed by atoms with Gasteiger partial charge in [0.05, 0.1) is 18.7 Å². The Bertz CT molecular complexity index is 1280. The zero-order valence-corrected chi connectivity index (χ0v) is 20.5. The number of carbonyl (C=O) groups excluding carboxylic acids is 1. The summed E-state index contributed by atoms with van der Waals surface area (Å²) in [5.74, 6) is -2.76. The van der Waals surface area contributed by atoms with E-state index in [-0.39, 0.29) is 18.8 Å². The Morgan fingerprint density at radius 3 is 2.14 bits per heavy atom. The molecule has 0 radical (unpaired) electrons. The van der Waals surface area contributed by atoms with Gasteiger partial charge in [-0.1, -0.05) is 84.0 Å². The third kappa shape index (κ3) is 6.45. The van der Waals surface area contributed by atoms with Gasteiger partial charge in [0.2, 0.25) is 0 Å². The van der Waals surface area contributed by atoms with E-state index in [1.165, 1.54) is 0 Å². The van der Waals surface area contributed by atoms with Crippen LogP contribution >= 0.6 is 0 Å². The second-order valence-electron chi connectivity index (χ2n) is 8.85. The molecule has 1 heterocycles. The molecule has 0 saturated carbocycles. The highest BCUT2D eigenvalue weighted by atomic mass is 19.3. The van der Waals surface area contributed by atoms with Crippen molar-refractivity contribution in [2.75, 3.05) is 6.61 Å². The van der Waals surface area contributed by atoms with Crippen molar-refractivity contribution in [3.05, 3.63) is 101 Å². The fourth-order valence-electron chi connectivity index (χ4n) is 4.15. The monoisotopic (exact) mass is 489 g/mol. The number of esters is 1. The molecule has 6 heteroatoms. The molecule has 186 valence electrons. The number of carbonyl (C=O) groups is 1. The number of hydrogen-bond acceptors (Lipinski definition) is 4. The van der Waals surface area contributed by atoms with Gasteiger partial charge in [-0.25, -0.2) is 8.78 Å². The van der Waals surface area contributed by atoms with Gasteiger partial charge in [-0.15, -0.1) is 0 Å². The SMILES string of the molecule is CCOC(=O)Cc1ccc(-c2ccc(-c3onc(C)c3CC(F)(F)CCc3ccccc3)cc2)cc1. The molecule has 0 N–H and O–H groups in total. The van der Waals surface area contributed by atoms with E-state index in [1.807, 2.05) is 78.9 Å². The number of nitrogens with zero attached hydrogens (tertiary/aromatic N) is 1. The van der Waals surface area contributed by atoms with Crippen LogP contribution in [0.25, 0.3) is 22.5 Å². The van der Waals surface area contributed by atoms with Crippen LogP contribution in [0.2, 0.25) is 0 Å². The number of halogens is 2. The second kappa shape index (κ2) is 11.3. The minimum atomic E-state index is -2.88. The standard InChI is InChI=1S/C30H29F2NO3/c1-3-35-28(34)19-23-9-11-24(12-10-23)25-13-15-26(16-14-25)29-27(21(2)33-36-29)20-30(31,32)18-17-22-7-5-4-6-8-22/h4-16H,3,17-20H2,1-2H3. The number of rotatable bonds is 10. The highest BCUT2D eigenvalue weighted by molar-refractivity contribution is 5.74. The summed E-state index contributed by atoms with van der Waals surface area (Å²) in [7, 11) is 0.